The highest BCUT2D eigenvalue weighted by atomic mass is 35.5. The van der Waals surface area contributed by atoms with E-state index in [2.05, 4.69) is 5.32 Å². The SMILES string of the molecule is Cc1ccc(C)c(OCCNC(=O)CCCN(c2cc(Cl)ccc2Cl)S(C)(=O)=O)c1. The summed E-state index contributed by atoms with van der Waals surface area (Å²) in [4.78, 5) is 12.1. The second kappa shape index (κ2) is 10.9. The number of hydrogen-bond donors (Lipinski definition) is 1. The summed E-state index contributed by atoms with van der Waals surface area (Å²) in [6.45, 7) is 4.79. The van der Waals surface area contributed by atoms with Gasteiger partial charge in [0.1, 0.15) is 12.4 Å². The molecule has 1 N–H and O–H groups in total. The van der Waals surface area contributed by atoms with Crippen molar-refractivity contribution in [1.82, 2.24) is 5.32 Å². The first-order valence-corrected chi connectivity index (χ1v) is 12.1. The van der Waals surface area contributed by atoms with E-state index in [9.17, 15) is 13.2 Å². The molecule has 0 aromatic heterocycles. The number of anilines is 1. The number of hydrogen-bond acceptors (Lipinski definition) is 4. The van der Waals surface area contributed by atoms with Gasteiger partial charge in [-0.25, -0.2) is 8.42 Å². The molecule has 30 heavy (non-hydrogen) atoms. The average molecular weight is 473 g/mol. The van der Waals surface area contributed by atoms with E-state index >= 15 is 0 Å². The number of carbonyl (C=O) groups is 1. The molecule has 1 amide bonds. The Morgan fingerprint density at radius 2 is 1.87 bits per heavy atom. The summed E-state index contributed by atoms with van der Waals surface area (Å²) in [5, 5.41) is 3.44. The van der Waals surface area contributed by atoms with Crippen LogP contribution >= 0.6 is 23.2 Å². The van der Waals surface area contributed by atoms with Crippen molar-refractivity contribution in [1.29, 1.82) is 0 Å². The summed E-state index contributed by atoms with van der Waals surface area (Å²) in [6.07, 6.45) is 1.60. The number of sulfonamides is 1. The summed E-state index contributed by atoms with van der Waals surface area (Å²) in [7, 11) is -3.58. The van der Waals surface area contributed by atoms with Gasteiger partial charge in [0.15, 0.2) is 0 Å². The number of carbonyl (C=O) groups excluding carboxylic acids is 1. The van der Waals surface area contributed by atoms with Gasteiger partial charge >= 0.3 is 0 Å². The fraction of sp³-hybridized carbons (Fsp3) is 0.381. The smallest absolute Gasteiger partial charge is 0.232 e. The van der Waals surface area contributed by atoms with Crippen molar-refractivity contribution < 1.29 is 17.9 Å². The van der Waals surface area contributed by atoms with Gasteiger partial charge < -0.3 is 10.1 Å². The standard InChI is InChI=1S/C21H26Cl2N2O4S/c1-15-6-7-16(2)20(13-15)29-12-10-24-21(26)5-4-11-25(30(3,27)28)19-14-17(22)8-9-18(19)23/h6-9,13-14H,4-5,10-12H2,1-3H3,(H,24,26). The van der Waals surface area contributed by atoms with Crippen LogP contribution in [0, 0.1) is 13.8 Å². The minimum Gasteiger partial charge on any atom is -0.491 e. The van der Waals surface area contributed by atoms with Crippen molar-refractivity contribution in [3.8, 4) is 5.75 Å². The zero-order valence-corrected chi connectivity index (χ0v) is 19.6. The zero-order chi connectivity index (χ0) is 22.3. The molecule has 0 unspecified atom stereocenters. The van der Waals surface area contributed by atoms with Crippen LogP contribution in [0.5, 0.6) is 5.75 Å². The molecule has 0 atom stereocenters. The molecule has 0 aliphatic carbocycles. The van der Waals surface area contributed by atoms with Crippen molar-refractivity contribution in [2.45, 2.75) is 26.7 Å². The zero-order valence-electron chi connectivity index (χ0n) is 17.2. The number of aryl methyl sites for hydroxylation is 2. The molecule has 2 aromatic carbocycles. The second-order valence-electron chi connectivity index (χ2n) is 7.00. The van der Waals surface area contributed by atoms with Crippen molar-refractivity contribution >= 4 is 44.8 Å². The molecule has 0 radical (unpaired) electrons. The van der Waals surface area contributed by atoms with Gasteiger partial charge in [-0.2, -0.15) is 0 Å². The Labute approximate surface area is 188 Å². The van der Waals surface area contributed by atoms with Gasteiger partial charge in [0.25, 0.3) is 0 Å². The highest BCUT2D eigenvalue weighted by molar-refractivity contribution is 7.92. The summed E-state index contributed by atoms with van der Waals surface area (Å²) in [6, 6.07) is 10.6. The predicted molar refractivity (Wildman–Crippen MR) is 122 cm³/mol. The number of ether oxygens (including phenoxy) is 1. The van der Waals surface area contributed by atoms with Crippen LogP contribution in [0.3, 0.4) is 0 Å². The van der Waals surface area contributed by atoms with Gasteiger partial charge in [0.05, 0.1) is 23.5 Å². The Morgan fingerprint density at radius 1 is 1.13 bits per heavy atom. The van der Waals surface area contributed by atoms with Gasteiger partial charge in [-0.1, -0.05) is 35.3 Å². The van der Waals surface area contributed by atoms with E-state index in [0.717, 1.165) is 27.4 Å². The molecule has 0 aliphatic heterocycles. The molecule has 6 nitrogen and oxygen atoms in total. The van der Waals surface area contributed by atoms with Gasteiger partial charge in [-0.3, -0.25) is 9.10 Å². The lowest BCUT2D eigenvalue weighted by Gasteiger charge is -2.23. The number of rotatable bonds is 10. The summed E-state index contributed by atoms with van der Waals surface area (Å²) >= 11 is 12.1. The number of benzene rings is 2. The number of nitrogens with zero attached hydrogens (tertiary/aromatic N) is 1. The molecule has 164 valence electrons. The van der Waals surface area contributed by atoms with Gasteiger partial charge in [-0.15, -0.1) is 0 Å². The van der Waals surface area contributed by atoms with Crippen molar-refractivity contribution in [3.63, 3.8) is 0 Å². The number of amides is 1. The third-order valence-corrected chi connectivity index (χ3v) is 6.10. The lowest BCUT2D eigenvalue weighted by molar-refractivity contribution is -0.121. The van der Waals surface area contributed by atoms with E-state index < -0.39 is 10.0 Å². The molecule has 9 heteroatoms. The molecule has 0 fully saturated rings. The number of halogens is 2. The third-order valence-electron chi connectivity index (χ3n) is 4.37. The van der Waals surface area contributed by atoms with Crippen LogP contribution in [0.25, 0.3) is 0 Å². The Morgan fingerprint density at radius 3 is 2.57 bits per heavy atom. The topological polar surface area (TPSA) is 75.7 Å². The Hall–Kier alpha value is -1.96. The van der Waals surface area contributed by atoms with E-state index in [0.29, 0.717) is 30.3 Å². The van der Waals surface area contributed by atoms with Crippen LogP contribution < -0.4 is 14.4 Å². The lowest BCUT2D eigenvalue weighted by Crippen LogP contribution is -2.33. The van der Waals surface area contributed by atoms with E-state index in [-0.39, 0.29) is 23.9 Å². The number of nitrogens with one attached hydrogen (secondary N) is 1. The monoisotopic (exact) mass is 472 g/mol. The van der Waals surface area contributed by atoms with Crippen LogP contribution in [0.2, 0.25) is 10.0 Å². The molecule has 0 saturated heterocycles. The van der Waals surface area contributed by atoms with Crippen molar-refractivity contribution in [3.05, 3.63) is 57.6 Å². The molecule has 0 saturated carbocycles. The Bertz CT molecular complexity index is 996. The fourth-order valence-corrected chi connectivity index (χ4v) is 4.23. The van der Waals surface area contributed by atoms with Crippen LogP contribution in [0.15, 0.2) is 36.4 Å². The van der Waals surface area contributed by atoms with Gasteiger partial charge in [0.2, 0.25) is 15.9 Å². The first-order valence-electron chi connectivity index (χ1n) is 9.47. The highest BCUT2D eigenvalue weighted by Crippen LogP contribution is 2.30. The maximum atomic E-state index is 12.2. The normalized spacial score (nSPS) is 11.2. The van der Waals surface area contributed by atoms with Crippen LogP contribution in [-0.4, -0.2) is 40.3 Å². The first-order chi connectivity index (χ1) is 14.1. The Balaban J connectivity index is 1.81. The minimum atomic E-state index is -3.58. The fourth-order valence-electron chi connectivity index (χ4n) is 2.83. The maximum Gasteiger partial charge on any atom is 0.232 e. The molecule has 0 heterocycles. The van der Waals surface area contributed by atoms with Crippen LogP contribution in [0.1, 0.15) is 24.0 Å². The van der Waals surface area contributed by atoms with Crippen LogP contribution in [-0.2, 0) is 14.8 Å². The van der Waals surface area contributed by atoms with E-state index in [1.54, 1.807) is 12.1 Å². The largest absolute Gasteiger partial charge is 0.491 e. The van der Waals surface area contributed by atoms with Crippen molar-refractivity contribution in [2.75, 3.05) is 30.3 Å². The van der Waals surface area contributed by atoms with Crippen LogP contribution in [0.4, 0.5) is 5.69 Å². The maximum absolute atomic E-state index is 12.2. The molecule has 2 aromatic rings. The highest BCUT2D eigenvalue weighted by Gasteiger charge is 2.20. The van der Waals surface area contributed by atoms with E-state index in [4.69, 9.17) is 27.9 Å². The predicted octanol–water partition coefficient (Wildman–Crippen LogP) is 4.35. The van der Waals surface area contributed by atoms with E-state index in [1.807, 2.05) is 32.0 Å². The Kier molecular flexibility index (Phi) is 8.82. The molecule has 2 rings (SSSR count). The van der Waals surface area contributed by atoms with E-state index in [1.165, 1.54) is 6.07 Å². The lowest BCUT2D eigenvalue weighted by atomic mass is 10.1. The first kappa shape index (κ1) is 24.3. The average Bonchev–Trinajstić information content (AvgIpc) is 2.66. The third kappa shape index (κ3) is 7.38. The summed E-state index contributed by atoms with van der Waals surface area (Å²) < 4.78 is 31.2. The van der Waals surface area contributed by atoms with Gasteiger partial charge in [0, 0.05) is 18.0 Å². The molecule has 0 bridgehead atoms. The van der Waals surface area contributed by atoms with Crippen molar-refractivity contribution in [2.24, 2.45) is 0 Å². The minimum absolute atomic E-state index is 0.116. The van der Waals surface area contributed by atoms with Gasteiger partial charge in [-0.05, 0) is 55.7 Å². The summed E-state index contributed by atoms with van der Waals surface area (Å²) in [5.41, 5.74) is 2.44. The molecule has 0 spiro atoms. The molecule has 0 aliphatic rings. The quantitative estimate of drug-likeness (QED) is 0.521. The molecular formula is C21H26Cl2N2O4S. The second-order valence-corrected chi connectivity index (χ2v) is 9.75. The summed E-state index contributed by atoms with van der Waals surface area (Å²) in [5.74, 6) is 0.622. The molecular weight excluding hydrogens is 447 g/mol.